The molecule has 0 aliphatic rings. The van der Waals surface area contributed by atoms with E-state index in [9.17, 15) is 21.6 Å². The molecule has 0 aliphatic heterocycles. The van der Waals surface area contributed by atoms with Gasteiger partial charge in [0, 0.05) is 0 Å². The van der Waals surface area contributed by atoms with E-state index in [0.29, 0.717) is 0 Å². The van der Waals surface area contributed by atoms with Crippen LogP contribution in [0.5, 0.6) is 0 Å². The standard InChI is InChI=1S/C9H17F3O3S.H3N/c1-6(2)8(5,7(3)4)15-16(13,14)9(10,11)12;/h6-7H,1-5H3;1H3/p+1. The number of alkyl halides is 3. The van der Waals surface area contributed by atoms with Crippen molar-refractivity contribution in [3.05, 3.63) is 0 Å². The van der Waals surface area contributed by atoms with Crippen molar-refractivity contribution in [1.82, 2.24) is 6.15 Å². The van der Waals surface area contributed by atoms with Gasteiger partial charge in [-0.2, -0.15) is 21.6 Å². The first-order valence-corrected chi connectivity index (χ1v) is 6.27. The molecule has 0 aromatic rings. The highest BCUT2D eigenvalue weighted by molar-refractivity contribution is 7.87. The van der Waals surface area contributed by atoms with E-state index in [-0.39, 0.29) is 18.0 Å². The van der Waals surface area contributed by atoms with Gasteiger partial charge in [-0.3, -0.25) is 4.18 Å². The molecule has 0 aliphatic carbocycles. The molecule has 0 amide bonds. The second-order valence-corrected chi connectivity index (χ2v) is 6.01. The Balaban J connectivity index is 0. The molecule has 0 saturated carbocycles. The Morgan fingerprint density at radius 1 is 1.00 bits per heavy atom. The Hall–Kier alpha value is -0.340. The molecule has 0 unspecified atom stereocenters. The molecular formula is C9H21F3NO3S+. The summed E-state index contributed by atoms with van der Waals surface area (Å²) in [6.07, 6.45) is 0. The summed E-state index contributed by atoms with van der Waals surface area (Å²) in [5.74, 6) is -0.714. The molecule has 4 N–H and O–H groups in total. The van der Waals surface area contributed by atoms with E-state index in [2.05, 4.69) is 4.18 Å². The highest BCUT2D eigenvalue weighted by Crippen LogP contribution is 2.36. The summed E-state index contributed by atoms with van der Waals surface area (Å²) in [5.41, 5.74) is -6.74. The lowest BCUT2D eigenvalue weighted by Gasteiger charge is -2.36. The van der Waals surface area contributed by atoms with Gasteiger partial charge < -0.3 is 6.15 Å². The normalized spacial score (nSPS) is 14.0. The van der Waals surface area contributed by atoms with Gasteiger partial charge in [-0.1, -0.05) is 27.7 Å². The molecule has 0 aromatic heterocycles. The molecule has 0 heterocycles. The Morgan fingerprint density at radius 2 is 1.29 bits per heavy atom. The molecule has 17 heavy (non-hydrogen) atoms. The van der Waals surface area contributed by atoms with Crippen LogP contribution in [0.25, 0.3) is 0 Å². The minimum Gasteiger partial charge on any atom is -0.369 e. The minimum absolute atomic E-state index is 0. The van der Waals surface area contributed by atoms with Gasteiger partial charge in [-0.25, -0.2) is 0 Å². The van der Waals surface area contributed by atoms with Crippen molar-refractivity contribution in [2.75, 3.05) is 0 Å². The zero-order chi connectivity index (χ0) is 13.4. The van der Waals surface area contributed by atoms with Gasteiger partial charge >= 0.3 is 15.6 Å². The third-order valence-electron chi connectivity index (χ3n) is 2.87. The Morgan fingerprint density at radius 3 is 1.47 bits per heavy atom. The van der Waals surface area contributed by atoms with E-state index in [1.165, 1.54) is 6.92 Å². The molecule has 106 valence electrons. The van der Waals surface area contributed by atoms with Crippen LogP contribution in [-0.2, 0) is 14.3 Å². The van der Waals surface area contributed by atoms with E-state index in [1.807, 2.05) is 0 Å². The lowest BCUT2D eigenvalue weighted by molar-refractivity contribution is -0.0764. The topological polar surface area (TPSA) is 79.9 Å². The van der Waals surface area contributed by atoms with Crippen molar-refractivity contribution in [1.29, 1.82) is 0 Å². The smallest absolute Gasteiger partial charge is 0.369 e. The van der Waals surface area contributed by atoms with Gasteiger partial charge in [0.1, 0.15) is 0 Å². The largest absolute Gasteiger partial charge is 0.523 e. The molecule has 8 heteroatoms. The second kappa shape index (κ2) is 5.53. The third-order valence-corrected chi connectivity index (χ3v) is 4.01. The molecule has 0 aromatic carbocycles. The predicted octanol–water partition coefficient (Wildman–Crippen LogP) is 3.30. The molecule has 0 rings (SSSR count). The Bertz CT molecular complexity index is 328. The summed E-state index contributed by atoms with van der Waals surface area (Å²) in [4.78, 5) is 0. The highest BCUT2D eigenvalue weighted by atomic mass is 32.2. The third kappa shape index (κ3) is 4.11. The van der Waals surface area contributed by atoms with Crippen LogP contribution < -0.4 is 6.15 Å². The SMILES string of the molecule is CC(C)C(C)(OS(=O)(=O)C(F)(F)F)C(C)C.[NH4+]. The molecule has 0 saturated heterocycles. The van der Waals surface area contributed by atoms with Crippen LogP contribution in [0.15, 0.2) is 0 Å². The van der Waals surface area contributed by atoms with Crippen LogP contribution in [0.1, 0.15) is 34.6 Å². The lowest BCUT2D eigenvalue weighted by atomic mass is 9.82. The predicted molar refractivity (Wildman–Crippen MR) is 60.1 cm³/mol. The zero-order valence-corrected chi connectivity index (χ0v) is 11.7. The minimum atomic E-state index is -5.55. The van der Waals surface area contributed by atoms with Crippen LogP contribution >= 0.6 is 0 Å². The lowest BCUT2D eigenvalue weighted by Crippen LogP contribution is -2.45. The maximum absolute atomic E-state index is 12.2. The van der Waals surface area contributed by atoms with E-state index < -0.39 is 21.2 Å². The Labute approximate surface area is 100 Å². The summed E-state index contributed by atoms with van der Waals surface area (Å²) in [5, 5.41) is 0. The molecule has 0 fully saturated rings. The van der Waals surface area contributed by atoms with Gasteiger partial charge in [0.25, 0.3) is 0 Å². The summed E-state index contributed by atoms with van der Waals surface area (Å²) in [6, 6.07) is 0. The second-order valence-electron chi connectivity index (χ2n) is 4.48. The van der Waals surface area contributed by atoms with Crippen LogP contribution in [-0.4, -0.2) is 19.5 Å². The monoisotopic (exact) mass is 280 g/mol. The van der Waals surface area contributed by atoms with Gasteiger partial charge in [0.2, 0.25) is 0 Å². The molecule has 0 radical (unpaired) electrons. The van der Waals surface area contributed by atoms with Crippen LogP contribution in [0.4, 0.5) is 13.2 Å². The van der Waals surface area contributed by atoms with E-state index >= 15 is 0 Å². The van der Waals surface area contributed by atoms with E-state index in [4.69, 9.17) is 0 Å². The van der Waals surface area contributed by atoms with Gasteiger partial charge in [-0.05, 0) is 18.8 Å². The van der Waals surface area contributed by atoms with Crippen molar-refractivity contribution in [3.63, 3.8) is 0 Å². The summed E-state index contributed by atoms with van der Waals surface area (Å²) < 4.78 is 62.8. The number of hydrogen-bond acceptors (Lipinski definition) is 3. The van der Waals surface area contributed by atoms with Crippen LogP contribution in [0, 0.1) is 11.8 Å². The summed E-state index contributed by atoms with van der Waals surface area (Å²) >= 11 is 0. The molecule has 0 spiro atoms. The number of rotatable bonds is 4. The van der Waals surface area contributed by atoms with Gasteiger partial charge in [0.15, 0.2) is 0 Å². The first-order valence-electron chi connectivity index (χ1n) is 4.86. The maximum Gasteiger partial charge on any atom is 0.523 e. The van der Waals surface area contributed by atoms with E-state index in [1.54, 1.807) is 27.7 Å². The maximum atomic E-state index is 12.2. The van der Waals surface area contributed by atoms with Crippen molar-refractivity contribution < 1.29 is 25.8 Å². The van der Waals surface area contributed by atoms with Gasteiger partial charge in [-0.15, -0.1) is 0 Å². The van der Waals surface area contributed by atoms with Crippen LogP contribution in [0.2, 0.25) is 0 Å². The van der Waals surface area contributed by atoms with Crippen molar-refractivity contribution >= 4 is 10.1 Å². The first kappa shape index (κ1) is 19.0. The van der Waals surface area contributed by atoms with Crippen LogP contribution in [0.3, 0.4) is 0 Å². The number of halogens is 3. The summed E-state index contributed by atoms with van der Waals surface area (Å²) in [6.45, 7) is 7.83. The summed E-state index contributed by atoms with van der Waals surface area (Å²) in [7, 11) is -5.55. The fourth-order valence-corrected chi connectivity index (χ4v) is 2.09. The van der Waals surface area contributed by atoms with E-state index in [0.717, 1.165) is 0 Å². The molecule has 0 atom stereocenters. The van der Waals surface area contributed by atoms with Crippen molar-refractivity contribution in [3.8, 4) is 0 Å². The van der Waals surface area contributed by atoms with Crippen molar-refractivity contribution in [2.45, 2.75) is 45.7 Å². The first-order chi connectivity index (χ1) is 6.84. The highest BCUT2D eigenvalue weighted by Gasteiger charge is 2.52. The van der Waals surface area contributed by atoms with Crippen molar-refractivity contribution in [2.24, 2.45) is 11.8 Å². The fourth-order valence-electron chi connectivity index (χ4n) is 1.14. The quantitative estimate of drug-likeness (QED) is 0.633. The zero-order valence-electron chi connectivity index (χ0n) is 10.9. The average Bonchev–Trinajstić information content (AvgIpc) is 2.00. The molecule has 4 nitrogen and oxygen atoms in total. The fraction of sp³-hybridized carbons (Fsp3) is 1.00. The Kier molecular flexibility index (Phi) is 6.19. The average molecular weight is 280 g/mol. The molecular weight excluding hydrogens is 259 g/mol. The van der Waals surface area contributed by atoms with Gasteiger partial charge in [0.05, 0.1) is 5.60 Å². The number of quaternary nitrogens is 1. The molecule has 0 bridgehead atoms. The number of hydrogen-bond donors (Lipinski definition) is 1.